The SMILES string of the molecule is C=CCN(CC)C(=O)[C@@H](N)Cc1ccccc1. The topological polar surface area (TPSA) is 46.3 Å². The summed E-state index contributed by atoms with van der Waals surface area (Å²) in [7, 11) is 0. The van der Waals surface area contributed by atoms with E-state index in [2.05, 4.69) is 6.58 Å². The quantitative estimate of drug-likeness (QED) is 0.757. The minimum absolute atomic E-state index is 0.0174. The maximum absolute atomic E-state index is 12.0. The van der Waals surface area contributed by atoms with E-state index in [0.717, 1.165) is 5.56 Å². The second-order valence-electron chi connectivity index (χ2n) is 3.96. The van der Waals surface area contributed by atoms with Crippen LogP contribution in [-0.4, -0.2) is 29.9 Å². The third-order valence-corrected chi connectivity index (χ3v) is 2.66. The van der Waals surface area contributed by atoms with Crippen molar-refractivity contribution >= 4 is 5.91 Å². The maximum atomic E-state index is 12.0. The van der Waals surface area contributed by atoms with E-state index in [1.807, 2.05) is 37.3 Å². The Morgan fingerprint density at radius 1 is 1.47 bits per heavy atom. The molecule has 2 N–H and O–H groups in total. The minimum Gasteiger partial charge on any atom is -0.338 e. The minimum atomic E-state index is -0.475. The molecule has 0 unspecified atom stereocenters. The van der Waals surface area contributed by atoms with Crippen molar-refractivity contribution in [3.05, 3.63) is 48.6 Å². The number of carbonyl (C=O) groups excluding carboxylic acids is 1. The molecule has 3 heteroatoms. The van der Waals surface area contributed by atoms with Gasteiger partial charge in [0.15, 0.2) is 0 Å². The van der Waals surface area contributed by atoms with Gasteiger partial charge in [0.05, 0.1) is 6.04 Å². The Labute approximate surface area is 103 Å². The lowest BCUT2D eigenvalue weighted by molar-refractivity contribution is -0.131. The second kappa shape index (κ2) is 6.86. The van der Waals surface area contributed by atoms with Gasteiger partial charge in [-0.1, -0.05) is 36.4 Å². The molecule has 3 nitrogen and oxygen atoms in total. The van der Waals surface area contributed by atoms with Gasteiger partial charge in [0.1, 0.15) is 0 Å². The van der Waals surface area contributed by atoms with Gasteiger partial charge in [0.25, 0.3) is 0 Å². The molecule has 0 fully saturated rings. The Morgan fingerprint density at radius 3 is 2.65 bits per heavy atom. The molecule has 1 aromatic carbocycles. The summed E-state index contributed by atoms with van der Waals surface area (Å²) < 4.78 is 0. The first-order valence-electron chi connectivity index (χ1n) is 5.88. The number of hydrogen-bond donors (Lipinski definition) is 1. The molecule has 17 heavy (non-hydrogen) atoms. The lowest BCUT2D eigenvalue weighted by atomic mass is 10.1. The van der Waals surface area contributed by atoms with Crippen LogP contribution in [0.5, 0.6) is 0 Å². The molecule has 0 spiro atoms. The zero-order chi connectivity index (χ0) is 12.7. The van der Waals surface area contributed by atoms with Crippen LogP contribution in [-0.2, 0) is 11.2 Å². The van der Waals surface area contributed by atoms with Crippen molar-refractivity contribution in [1.29, 1.82) is 0 Å². The van der Waals surface area contributed by atoms with Crippen LogP contribution in [0.4, 0.5) is 0 Å². The van der Waals surface area contributed by atoms with E-state index in [0.29, 0.717) is 19.5 Å². The number of hydrogen-bond acceptors (Lipinski definition) is 2. The molecule has 1 atom stereocenters. The summed E-state index contributed by atoms with van der Waals surface area (Å²) in [5, 5.41) is 0. The zero-order valence-corrected chi connectivity index (χ0v) is 10.3. The highest BCUT2D eigenvalue weighted by atomic mass is 16.2. The van der Waals surface area contributed by atoms with Crippen LogP contribution in [0.1, 0.15) is 12.5 Å². The predicted octanol–water partition coefficient (Wildman–Crippen LogP) is 1.59. The number of carbonyl (C=O) groups is 1. The van der Waals surface area contributed by atoms with E-state index < -0.39 is 6.04 Å². The highest BCUT2D eigenvalue weighted by Gasteiger charge is 2.18. The van der Waals surface area contributed by atoms with Crippen LogP contribution >= 0.6 is 0 Å². The second-order valence-corrected chi connectivity index (χ2v) is 3.96. The van der Waals surface area contributed by atoms with Crippen LogP contribution < -0.4 is 5.73 Å². The summed E-state index contributed by atoms with van der Waals surface area (Å²) in [6.45, 7) is 6.79. The molecule has 0 bridgehead atoms. The Hall–Kier alpha value is -1.61. The molecule has 0 aliphatic carbocycles. The molecule has 0 radical (unpaired) electrons. The van der Waals surface area contributed by atoms with Crippen molar-refractivity contribution in [1.82, 2.24) is 4.90 Å². The molecule has 0 saturated heterocycles. The van der Waals surface area contributed by atoms with Gasteiger partial charge in [-0.2, -0.15) is 0 Å². The normalized spacial score (nSPS) is 11.9. The monoisotopic (exact) mass is 232 g/mol. The fourth-order valence-electron chi connectivity index (χ4n) is 1.72. The van der Waals surface area contributed by atoms with Crippen LogP contribution in [0.15, 0.2) is 43.0 Å². The average Bonchev–Trinajstić information content (AvgIpc) is 2.36. The summed E-state index contributed by atoms with van der Waals surface area (Å²) in [4.78, 5) is 13.7. The van der Waals surface area contributed by atoms with E-state index in [1.54, 1.807) is 11.0 Å². The summed E-state index contributed by atoms with van der Waals surface area (Å²) in [5.74, 6) is -0.0174. The van der Waals surface area contributed by atoms with Gasteiger partial charge < -0.3 is 10.6 Å². The van der Waals surface area contributed by atoms with Crippen molar-refractivity contribution < 1.29 is 4.79 Å². The molecule has 92 valence electrons. The first-order chi connectivity index (χ1) is 8.19. The summed E-state index contributed by atoms with van der Waals surface area (Å²) in [5.41, 5.74) is 7.02. The van der Waals surface area contributed by atoms with Crippen LogP contribution in [0.25, 0.3) is 0 Å². The van der Waals surface area contributed by atoms with E-state index >= 15 is 0 Å². The lowest BCUT2D eigenvalue weighted by Crippen LogP contribution is -2.44. The predicted molar refractivity (Wildman–Crippen MR) is 70.6 cm³/mol. The van der Waals surface area contributed by atoms with Gasteiger partial charge >= 0.3 is 0 Å². The third-order valence-electron chi connectivity index (χ3n) is 2.66. The first kappa shape index (κ1) is 13.5. The average molecular weight is 232 g/mol. The molecule has 0 aromatic heterocycles. The largest absolute Gasteiger partial charge is 0.338 e. The number of benzene rings is 1. The molecule has 0 aliphatic heterocycles. The fourth-order valence-corrected chi connectivity index (χ4v) is 1.72. The standard InChI is InChI=1S/C14H20N2O/c1-3-10-16(4-2)14(17)13(15)11-12-8-6-5-7-9-12/h3,5-9,13H,1,4,10-11,15H2,2H3/t13-/m0/s1. The van der Waals surface area contributed by atoms with E-state index in [-0.39, 0.29) is 5.91 Å². The molecule has 1 rings (SSSR count). The van der Waals surface area contributed by atoms with E-state index in [9.17, 15) is 4.79 Å². The molecule has 0 heterocycles. The number of nitrogens with two attached hydrogens (primary N) is 1. The fraction of sp³-hybridized carbons (Fsp3) is 0.357. The molecule has 1 amide bonds. The van der Waals surface area contributed by atoms with Gasteiger partial charge in [-0.3, -0.25) is 4.79 Å². The lowest BCUT2D eigenvalue weighted by Gasteiger charge is -2.23. The van der Waals surface area contributed by atoms with Gasteiger partial charge in [0, 0.05) is 13.1 Å². The van der Waals surface area contributed by atoms with Gasteiger partial charge in [-0.05, 0) is 18.9 Å². The van der Waals surface area contributed by atoms with Crippen LogP contribution in [0.2, 0.25) is 0 Å². The molecule has 0 aliphatic rings. The van der Waals surface area contributed by atoms with Crippen molar-refractivity contribution in [3.63, 3.8) is 0 Å². The summed E-state index contributed by atoms with van der Waals surface area (Å²) >= 11 is 0. The molecular weight excluding hydrogens is 212 g/mol. The number of amides is 1. The van der Waals surface area contributed by atoms with Gasteiger partial charge in [-0.15, -0.1) is 6.58 Å². The zero-order valence-electron chi connectivity index (χ0n) is 10.3. The van der Waals surface area contributed by atoms with Crippen molar-refractivity contribution in [2.75, 3.05) is 13.1 Å². The summed E-state index contributed by atoms with van der Waals surface area (Å²) in [6.07, 6.45) is 2.30. The first-order valence-corrected chi connectivity index (χ1v) is 5.88. The van der Waals surface area contributed by atoms with Crippen molar-refractivity contribution in [2.45, 2.75) is 19.4 Å². The number of rotatable bonds is 6. The van der Waals surface area contributed by atoms with E-state index in [4.69, 9.17) is 5.73 Å². The maximum Gasteiger partial charge on any atom is 0.240 e. The Balaban J connectivity index is 2.60. The van der Waals surface area contributed by atoms with Crippen molar-refractivity contribution in [2.24, 2.45) is 5.73 Å². The summed E-state index contributed by atoms with van der Waals surface area (Å²) in [6, 6.07) is 9.35. The van der Waals surface area contributed by atoms with Crippen LogP contribution in [0, 0.1) is 0 Å². The Bertz CT molecular complexity index is 362. The molecule has 1 aromatic rings. The Kier molecular flexibility index (Phi) is 5.43. The van der Waals surface area contributed by atoms with E-state index in [1.165, 1.54) is 0 Å². The number of likely N-dealkylation sites (N-methyl/N-ethyl adjacent to an activating group) is 1. The van der Waals surface area contributed by atoms with Crippen LogP contribution in [0.3, 0.4) is 0 Å². The smallest absolute Gasteiger partial charge is 0.240 e. The van der Waals surface area contributed by atoms with Gasteiger partial charge in [-0.25, -0.2) is 0 Å². The molecular formula is C14H20N2O. The van der Waals surface area contributed by atoms with Crippen molar-refractivity contribution in [3.8, 4) is 0 Å². The number of nitrogens with zero attached hydrogens (tertiary/aromatic N) is 1. The third kappa shape index (κ3) is 4.04. The highest BCUT2D eigenvalue weighted by Crippen LogP contribution is 2.04. The Morgan fingerprint density at radius 2 is 2.12 bits per heavy atom. The van der Waals surface area contributed by atoms with Gasteiger partial charge in [0.2, 0.25) is 5.91 Å². The highest BCUT2D eigenvalue weighted by molar-refractivity contribution is 5.82. The molecule has 0 saturated carbocycles.